The Balaban J connectivity index is 2.00. The van der Waals surface area contributed by atoms with Crippen LogP contribution in [0.5, 0.6) is 11.5 Å². The normalized spacial score (nSPS) is 10.6. The molecular weight excluding hydrogens is 350 g/mol. The van der Waals surface area contributed by atoms with Crippen LogP contribution in [0.15, 0.2) is 22.7 Å². The van der Waals surface area contributed by atoms with Crippen molar-refractivity contribution in [1.82, 2.24) is 16.0 Å². The van der Waals surface area contributed by atoms with E-state index in [0.29, 0.717) is 46.6 Å². The van der Waals surface area contributed by atoms with E-state index in [9.17, 15) is 9.59 Å². The third-order valence-electron chi connectivity index (χ3n) is 3.93. The highest BCUT2D eigenvalue weighted by atomic mass is 16.5. The van der Waals surface area contributed by atoms with Crippen molar-refractivity contribution in [2.24, 2.45) is 5.92 Å². The second-order valence-corrected chi connectivity index (χ2v) is 6.50. The van der Waals surface area contributed by atoms with E-state index in [4.69, 9.17) is 14.0 Å². The topological polar surface area (TPSA) is 103 Å². The molecular formula is C19H25N3O5. The lowest BCUT2D eigenvalue weighted by molar-refractivity contribution is 0.0845. The molecule has 0 bridgehead atoms. The van der Waals surface area contributed by atoms with E-state index in [-0.39, 0.29) is 0 Å². The molecule has 0 aliphatic heterocycles. The van der Waals surface area contributed by atoms with Crippen molar-refractivity contribution in [2.75, 3.05) is 13.7 Å². The molecule has 0 aliphatic rings. The fourth-order valence-corrected chi connectivity index (χ4v) is 2.39. The number of carbonyl (C=O) groups is 2. The molecule has 1 heterocycles. The number of ether oxygens (including phenoxy) is 2. The summed E-state index contributed by atoms with van der Waals surface area (Å²) in [6.07, 6.45) is 0.916. The zero-order valence-electron chi connectivity index (χ0n) is 16.2. The van der Waals surface area contributed by atoms with Crippen LogP contribution >= 0.6 is 0 Å². The summed E-state index contributed by atoms with van der Waals surface area (Å²) >= 11 is 0. The number of carbonyl (C=O) groups excluding carboxylic acids is 2. The van der Waals surface area contributed by atoms with Crippen LogP contribution in [0, 0.1) is 19.8 Å². The fourth-order valence-electron chi connectivity index (χ4n) is 2.39. The first-order valence-corrected chi connectivity index (χ1v) is 8.67. The highest BCUT2D eigenvalue weighted by Gasteiger charge is 2.18. The standard InChI is InChI=1S/C19H25N3O5/c1-11(2)8-9-26-15-7-6-14(10-16(15)25-5)18(23)20-21-19(24)17-12(3)22-27-13(17)4/h6-7,10-11H,8-9H2,1-5H3,(H,20,23)(H,21,24). The van der Waals surface area contributed by atoms with Crippen molar-refractivity contribution >= 4 is 11.8 Å². The number of benzene rings is 1. The summed E-state index contributed by atoms with van der Waals surface area (Å²) in [5.74, 6) is 0.937. The first-order chi connectivity index (χ1) is 12.8. The molecule has 146 valence electrons. The van der Waals surface area contributed by atoms with E-state index in [0.717, 1.165) is 6.42 Å². The number of methoxy groups -OCH3 is 1. The maximum Gasteiger partial charge on any atom is 0.275 e. The molecule has 1 aromatic heterocycles. The van der Waals surface area contributed by atoms with Crippen molar-refractivity contribution in [3.8, 4) is 11.5 Å². The van der Waals surface area contributed by atoms with Crippen LogP contribution in [0.2, 0.25) is 0 Å². The summed E-state index contributed by atoms with van der Waals surface area (Å²) in [5, 5.41) is 3.71. The average molecular weight is 375 g/mol. The predicted molar refractivity (Wildman–Crippen MR) is 98.9 cm³/mol. The van der Waals surface area contributed by atoms with E-state index in [1.807, 2.05) is 0 Å². The summed E-state index contributed by atoms with van der Waals surface area (Å²) < 4.78 is 15.9. The van der Waals surface area contributed by atoms with Crippen LogP contribution in [0.25, 0.3) is 0 Å². The summed E-state index contributed by atoms with van der Waals surface area (Å²) in [5.41, 5.74) is 5.78. The molecule has 1 aromatic carbocycles. The first kappa shape index (κ1) is 20.3. The highest BCUT2D eigenvalue weighted by Crippen LogP contribution is 2.28. The second-order valence-electron chi connectivity index (χ2n) is 6.50. The molecule has 2 rings (SSSR count). The van der Waals surface area contributed by atoms with Crippen molar-refractivity contribution < 1.29 is 23.6 Å². The Morgan fingerprint density at radius 2 is 1.85 bits per heavy atom. The molecule has 2 N–H and O–H groups in total. The quantitative estimate of drug-likeness (QED) is 0.722. The number of nitrogens with zero attached hydrogens (tertiary/aromatic N) is 1. The Kier molecular flexibility index (Phi) is 6.81. The monoisotopic (exact) mass is 375 g/mol. The Morgan fingerprint density at radius 3 is 2.44 bits per heavy atom. The summed E-state index contributed by atoms with van der Waals surface area (Å²) in [6, 6.07) is 4.83. The lowest BCUT2D eigenvalue weighted by Crippen LogP contribution is -2.42. The van der Waals surface area contributed by atoms with Crippen LogP contribution in [-0.2, 0) is 0 Å². The first-order valence-electron chi connectivity index (χ1n) is 8.67. The van der Waals surface area contributed by atoms with Crippen LogP contribution in [0.3, 0.4) is 0 Å². The number of aromatic nitrogens is 1. The average Bonchev–Trinajstić information content (AvgIpc) is 2.97. The predicted octanol–water partition coefficient (Wildman–Crippen LogP) is 2.80. The molecule has 0 radical (unpaired) electrons. The highest BCUT2D eigenvalue weighted by molar-refractivity contribution is 6.00. The van der Waals surface area contributed by atoms with E-state index in [1.165, 1.54) is 7.11 Å². The van der Waals surface area contributed by atoms with E-state index in [1.54, 1.807) is 32.0 Å². The molecule has 2 amide bonds. The molecule has 2 aromatic rings. The smallest absolute Gasteiger partial charge is 0.275 e. The number of hydrazine groups is 1. The number of hydrogen-bond donors (Lipinski definition) is 2. The summed E-state index contributed by atoms with van der Waals surface area (Å²) in [7, 11) is 1.51. The minimum absolute atomic E-state index is 0.293. The van der Waals surface area contributed by atoms with Gasteiger partial charge in [0.1, 0.15) is 11.3 Å². The molecule has 0 fully saturated rings. The van der Waals surface area contributed by atoms with Gasteiger partial charge in [0.2, 0.25) is 0 Å². The lowest BCUT2D eigenvalue weighted by atomic mass is 10.1. The van der Waals surface area contributed by atoms with Crippen molar-refractivity contribution in [1.29, 1.82) is 0 Å². The minimum atomic E-state index is -0.500. The van der Waals surface area contributed by atoms with Gasteiger partial charge in [-0.2, -0.15) is 0 Å². The molecule has 27 heavy (non-hydrogen) atoms. The van der Waals surface area contributed by atoms with E-state index < -0.39 is 11.8 Å². The van der Waals surface area contributed by atoms with E-state index >= 15 is 0 Å². The zero-order valence-corrected chi connectivity index (χ0v) is 16.2. The largest absolute Gasteiger partial charge is 0.493 e. The van der Waals surface area contributed by atoms with Gasteiger partial charge in [0, 0.05) is 5.56 Å². The van der Waals surface area contributed by atoms with Crippen LogP contribution in [0.1, 0.15) is 52.4 Å². The fraction of sp³-hybridized carbons (Fsp3) is 0.421. The van der Waals surface area contributed by atoms with Gasteiger partial charge in [-0.05, 0) is 44.4 Å². The van der Waals surface area contributed by atoms with Crippen LogP contribution < -0.4 is 20.3 Å². The molecule has 8 nitrogen and oxygen atoms in total. The number of hydrogen-bond acceptors (Lipinski definition) is 6. The van der Waals surface area contributed by atoms with Crippen LogP contribution in [-0.4, -0.2) is 30.7 Å². The molecule has 0 saturated carbocycles. The Hall–Kier alpha value is -3.03. The van der Waals surface area contributed by atoms with Gasteiger partial charge in [-0.3, -0.25) is 20.4 Å². The number of rotatable bonds is 7. The van der Waals surface area contributed by atoms with Gasteiger partial charge < -0.3 is 14.0 Å². The van der Waals surface area contributed by atoms with Gasteiger partial charge >= 0.3 is 0 Å². The Morgan fingerprint density at radius 1 is 1.15 bits per heavy atom. The van der Waals surface area contributed by atoms with Gasteiger partial charge in [0.15, 0.2) is 11.5 Å². The van der Waals surface area contributed by atoms with Crippen molar-refractivity contribution in [3.63, 3.8) is 0 Å². The Labute approximate surface area is 158 Å². The maximum absolute atomic E-state index is 12.3. The number of aryl methyl sites for hydroxylation is 2. The van der Waals surface area contributed by atoms with E-state index in [2.05, 4.69) is 29.9 Å². The third-order valence-corrected chi connectivity index (χ3v) is 3.93. The minimum Gasteiger partial charge on any atom is -0.493 e. The Bertz CT molecular complexity index is 794. The molecule has 0 saturated heterocycles. The van der Waals surface area contributed by atoms with Crippen molar-refractivity contribution in [2.45, 2.75) is 34.1 Å². The van der Waals surface area contributed by atoms with Gasteiger partial charge in [0.25, 0.3) is 11.8 Å². The SMILES string of the molecule is COc1cc(C(=O)NNC(=O)c2c(C)noc2C)ccc1OCCC(C)C. The molecule has 0 atom stereocenters. The lowest BCUT2D eigenvalue weighted by Gasteiger charge is -2.13. The number of nitrogens with one attached hydrogen (secondary N) is 2. The molecule has 8 heteroatoms. The summed E-state index contributed by atoms with van der Waals surface area (Å²) in [4.78, 5) is 24.5. The van der Waals surface area contributed by atoms with Gasteiger partial charge in [-0.1, -0.05) is 19.0 Å². The molecule has 0 aliphatic carbocycles. The van der Waals surface area contributed by atoms with Crippen molar-refractivity contribution in [3.05, 3.63) is 40.8 Å². The second kappa shape index (κ2) is 9.07. The van der Waals surface area contributed by atoms with Gasteiger partial charge in [-0.25, -0.2) is 0 Å². The molecule has 0 unspecified atom stereocenters. The molecule has 0 spiro atoms. The number of amides is 2. The van der Waals surface area contributed by atoms with Gasteiger partial charge in [0.05, 0.1) is 19.4 Å². The third kappa shape index (κ3) is 5.22. The summed E-state index contributed by atoms with van der Waals surface area (Å²) in [6.45, 7) is 8.07. The van der Waals surface area contributed by atoms with Crippen LogP contribution in [0.4, 0.5) is 0 Å². The van der Waals surface area contributed by atoms with Gasteiger partial charge in [-0.15, -0.1) is 0 Å². The maximum atomic E-state index is 12.3. The zero-order chi connectivity index (χ0) is 20.0.